The van der Waals surface area contributed by atoms with Crippen molar-refractivity contribution in [3.8, 4) is 0 Å². The van der Waals surface area contributed by atoms with Crippen LogP contribution in [-0.4, -0.2) is 27.3 Å². The second-order valence-corrected chi connectivity index (χ2v) is 6.81. The van der Waals surface area contributed by atoms with E-state index in [1.54, 1.807) is 0 Å². The number of hydrogen-bond acceptors (Lipinski definition) is 6. The van der Waals surface area contributed by atoms with Crippen molar-refractivity contribution < 1.29 is 9.90 Å². The summed E-state index contributed by atoms with van der Waals surface area (Å²) in [5, 5.41) is 18.6. The molecule has 1 aromatic carbocycles. The number of halogens is 1. The molecule has 0 radical (unpaired) electrons. The Labute approximate surface area is 134 Å². The number of hydrogen-bond donors (Lipinski definition) is 1. The largest absolute Gasteiger partial charge is 0.379 e. The summed E-state index contributed by atoms with van der Waals surface area (Å²) in [7, 11) is 0. The number of carbonyl (C=O) groups excluding carboxylic acids is 1. The van der Waals surface area contributed by atoms with Crippen LogP contribution in [0.4, 0.5) is 5.13 Å². The Hall–Kier alpha value is -1.41. The zero-order valence-electron chi connectivity index (χ0n) is 10.6. The highest BCUT2D eigenvalue weighted by atomic mass is 35.5. The molecule has 1 atom stereocenters. The molecule has 5 nitrogen and oxygen atoms in total. The van der Waals surface area contributed by atoms with E-state index in [0.717, 1.165) is 14.9 Å². The predicted molar refractivity (Wildman–Crippen MR) is 83.6 cm³/mol. The first-order chi connectivity index (χ1) is 10.1. The van der Waals surface area contributed by atoms with Crippen LogP contribution >= 0.6 is 34.7 Å². The number of amides is 1. The average molecular weight is 340 g/mol. The fourth-order valence-corrected chi connectivity index (χ4v) is 3.85. The van der Waals surface area contributed by atoms with Crippen molar-refractivity contribution in [3.05, 3.63) is 47.1 Å². The van der Waals surface area contributed by atoms with Gasteiger partial charge in [-0.3, -0.25) is 9.69 Å². The molecule has 0 saturated carbocycles. The van der Waals surface area contributed by atoms with Gasteiger partial charge in [0.2, 0.25) is 5.13 Å². The molecule has 108 valence electrons. The molecule has 1 amide bonds. The van der Waals surface area contributed by atoms with Crippen LogP contribution in [0.2, 0.25) is 5.02 Å². The first-order valence-corrected chi connectivity index (χ1v) is 8.22. The van der Waals surface area contributed by atoms with E-state index in [-0.39, 0.29) is 0 Å². The topological polar surface area (TPSA) is 66.3 Å². The van der Waals surface area contributed by atoms with Gasteiger partial charge in [-0.05, 0) is 17.7 Å². The fourth-order valence-electron chi connectivity index (χ4n) is 1.74. The Kier molecular flexibility index (Phi) is 4.25. The van der Waals surface area contributed by atoms with Gasteiger partial charge in [-0.15, -0.1) is 10.2 Å². The van der Waals surface area contributed by atoms with Crippen molar-refractivity contribution >= 4 is 45.7 Å². The van der Waals surface area contributed by atoms with Crippen molar-refractivity contribution in [2.75, 3.05) is 4.90 Å². The number of aliphatic hydroxyl groups is 1. The summed E-state index contributed by atoms with van der Waals surface area (Å²) < 4.78 is 0.743. The molecule has 3 rings (SSSR count). The first-order valence-electron chi connectivity index (χ1n) is 6.04. The van der Waals surface area contributed by atoms with E-state index < -0.39 is 12.0 Å². The molecular formula is C13H10ClN3O2S2. The molecular weight excluding hydrogens is 330 g/mol. The highest BCUT2D eigenvalue weighted by Gasteiger charge is 2.28. The molecule has 21 heavy (non-hydrogen) atoms. The van der Waals surface area contributed by atoms with Gasteiger partial charge < -0.3 is 5.11 Å². The number of rotatable bonds is 4. The molecule has 1 aliphatic heterocycles. The smallest absolute Gasteiger partial charge is 0.265 e. The van der Waals surface area contributed by atoms with E-state index in [9.17, 15) is 9.90 Å². The first kappa shape index (κ1) is 14.5. The fraction of sp³-hybridized carbons (Fsp3) is 0.154. The maximum Gasteiger partial charge on any atom is 0.265 e. The number of anilines is 1. The van der Waals surface area contributed by atoms with E-state index in [1.807, 2.05) is 24.3 Å². The number of benzene rings is 1. The van der Waals surface area contributed by atoms with Gasteiger partial charge in [-0.1, -0.05) is 52.9 Å². The van der Waals surface area contributed by atoms with E-state index in [2.05, 4.69) is 10.2 Å². The zero-order chi connectivity index (χ0) is 14.8. The summed E-state index contributed by atoms with van der Waals surface area (Å²) in [5.41, 5.74) is 1.02. The Bertz CT molecular complexity index is 704. The predicted octanol–water partition coefficient (Wildman–Crippen LogP) is 2.71. The molecule has 1 aromatic heterocycles. The van der Waals surface area contributed by atoms with E-state index in [1.165, 1.54) is 40.3 Å². The van der Waals surface area contributed by atoms with Crippen LogP contribution in [-0.2, 0) is 10.5 Å². The molecule has 2 heterocycles. The van der Waals surface area contributed by atoms with Crippen LogP contribution in [0.3, 0.4) is 0 Å². The Balaban J connectivity index is 1.68. The van der Waals surface area contributed by atoms with Gasteiger partial charge >= 0.3 is 0 Å². The number of carbonyl (C=O) groups is 1. The third-order valence-electron chi connectivity index (χ3n) is 2.82. The number of aromatic nitrogens is 2. The second-order valence-electron chi connectivity index (χ2n) is 4.23. The van der Waals surface area contributed by atoms with Gasteiger partial charge in [-0.2, -0.15) is 0 Å². The lowest BCUT2D eigenvalue weighted by atomic mass is 10.2. The zero-order valence-corrected chi connectivity index (χ0v) is 13.0. The lowest BCUT2D eigenvalue weighted by molar-refractivity contribution is -0.122. The molecule has 0 saturated heterocycles. The Morgan fingerprint density at radius 1 is 1.38 bits per heavy atom. The van der Waals surface area contributed by atoms with Gasteiger partial charge in [-0.25, -0.2) is 0 Å². The van der Waals surface area contributed by atoms with Crippen LogP contribution in [0.1, 0.15) is 5.56 Å². The van der Waals surface area contributed by atoms with Gasteiger partial charge in [0.1, 0.15) is 0 Å². The van der Waals surface area contributed by atoms with Crippen molar-refractivity contribution in [1.29, 1.82) is 0 Å². The lowest BCUT2D eigenvalue weighted by Gasteiger charge is -2.08. The van der Waals surface area contributed by atoms with Crippen molar-refractivity contribution in [1.82, 2.24) is 10.2 Å². The van der Waals surface area contributed by atoms with Gasteiger partial charge in [0.15, 0.2) is 10.4 Å². The Morgan fingerprint density at radius 2 is 2.19 bits per heavy atom. The van der Waals surface area contributed by atoms with E-state index >= 15 is 0 Å². The monoisotopic (exact) mass is 339 g/mol. The summed E-state index contributed by atoms with van der Waals surface area (Å²) in [6, 6.07) is 7.62. The minimum atomic E-state index is -1.09. The summed E-state index contributed by atoms with van der Waals surface area (Å²) in [6.07, 6.45) is 1.84. The molecule has 2 aromatic rings. The second kappa shape index (κ2) is 6.15. The number of thioether (sulfide) groups is 1. The number of aliphatic hydroxyl groups excluding tert-OH is 1. The van der Waals surface area contributed by atoms with Crippen molar-refractivity contribution in [2.24, 2.45) is 0 Å². The maximum absolute atomic E-state index is 11.7. The minimum Gasteiger partial charge on any atom is -0.379 e. The maximum atomic E-state index is 11.7. The summed E-state index contributed by atoms with van der Waals surface area (Å²) in [4.78, 5) is 13.0. The van der Waals surface area contributed by atoms with Crippen molar-refractivity contribution in [3.63, 3.8) is 0 Å². The molecule has 1 N–H and O–H groups in total. The average Bonchev–Trinajstić information content (AvgIpc) is 3.06. The van der Waals surface area contributed by atoms with Gasteiger partial charge in [0.25, 0.3) is 5.91 Å². The van der Waals surface area contributed by atoms with Crippen LogP contribution in [0.5, 0.6) is 0 Å². The molecule has 0 aliphatic carbocycles. The minimum absolute atomic E-state index is 0.409. The molecule has 0 spiro atoms. The quantitative estimate of drug-likeness (QED) is 0.685. The third kappa shape index (κ3) is 3.11. The van der Waals surface area contributed by atoms with E-state index in [4.69, 9.17) is 11.6 Å². The third-order valence-corrected chi connectivity index (χ3v) is 5.29. The Morgan fingerprint density at radius 3 is 2.90 bits per heavy atom. The van der Waals surface area contributed by atoms with E-state index in [0.29, 0.717) is 10.9 Å². The summed E-state index contributed by atoms with van der Waals surface area (Å²) in [6.45, 7) is 0. The number of nitrogens with zero attached hydrogens (tertiary/aromatic N) is 3. The van der Waals surface area contributed by atoms with Crippen LogP contribution in [0, 0.1) is 0 Å². The van der Waals surface area contributed by atoms with Crippen LogP contribution in [0.15, 0.2) is 40.9 Å². The highest BCUT2D eigenvalue weighted by Crippen LogP contribution is 2.33. The summed E-state index contributed by atoms with van der Waals surface area (Å²) >= 11 is 8.91. The highest BCUT2D eigenvalue weighted by molar-refractivity contribution is 8.00. The molecule has 0 fully saturated rings. The molecule has 0 bridgehead atoms. The standard InChI is InChI=1S/C13H10ClN3O2S2/c14-9-4-2-1-3-8(9)7-20-13-16-15-12(21-13)17-6-5-10(18)11(17)19/h1-6,10,18H,7H2. The lowest BCUT2D eigenvalue weighted by Crippen LogP contribution is -2.28. The molecule has 1 aliphatic rings. The van der Waals surface area contributed by atoms with Gasteiger partial charge in [0, 0.05) is 17.0 Å². The van der Waals surface area contributed by atoms with Crippen LogP contribution < -0.4 is 4.90 Å². The SMILES string of the molecule is O=C1C(O)C=CN1c1nnc(SCc2ccccc2Cl)s1. The summed E-state index contributed by atoms with van der Waals surface area (Å²) in [5.74, 6) is 0.273. The molecule has 8 heteroatoms. The molecule has 1 unspecified atom stereocenters. The van der Waals surface area contributed by atoms with Crippen molar-refractivity contribution in [2.45, 2.75) is 16.2 Å². The normalized spacial score (nSPS) is 17.7. The van der Waals surface area contributed by atoms with Crippen LogP contribution in [0.25, 0.3) is 0 Å². The van der Waals surface area contributed by atoms with Gasteiger partial charge in [0.05, 0.1) is 0 Å².